The third kappa shape index (κ3) is 4.84. The lowest BCUT2D eigenvalue weighted by Crippen LogP contribution is -1.97. The minimum Gasteiger partial charge on any atom is -0.292 e. The Morgan fingerprint density at radius 1 is 0.340 bits per heavy atom. The number of para-hydroxylation sites is 5. The first-order valence-corrected chi connectivity index (χ1v) is 15.8. The molecule has 4 nitrogen and oxygen atoms in total. The predicted octanol–water partition coefficient (Wildman–Crippen LogP) is 10.8. The zero-order chi connectivity index (χ0) is 31.2. The van der Waals surface area contributed by atoms with E-state index in [0.29, 0.717) is 0 Å². The fourth-order valence-corrected chi connectivity index (χ4v) is 6.44. The average Bonchev–Trinajstić information content (AvgIpc) is 3.54. The highest BCUT2D eigenvalue weighted by atomic mass is 15.1. The second kappa shape index (κ2) is 11.2. The molecule has 47 heavy (non-hydrogen) atoms. The van der Waals surface area contributed by atoms with Crippen LogP contribution in [-0.2, 0) is 0 Å². The molecule has 0 aliphatic rings. The molecule has 9 aromatic rings. The molecule has 0 unspecified atom stereocenters. The Bertz CT molecular complexity index is 2550. The Labute approximate surface area is 272 Å². The zero-order valence-electron chi connectivity index (χ0n) is 25.5. The third-order valence-electron chi connectivity index (χ3n) is 8.78. The lowest BCUT2D eigenvalue weighted by molar-refractivity contribution is 1.10. The number of fused-ring (bicyclic) bond motifs is 3. The molecule has 4 heteroatoms. The van der Waals surface area contributed by atoms with E-state index in [1.165, 1.54) is 10.9 Å². The summed E-state index contributed by atoms with van der Waals surface area (Å²) in [6.45, 7) is 0. The standard InChI is InChI=1S/C43H28N4/c1-3-11-30(12-4-1)41-42(45-38-16-8-7-15-37(38)44-41)35-26-25-33-27-32(23-24-34(33)28-35)29-19-21-31(22-20-29)43-46-39-17-9-10-18-40(39)47(43)36-13-5-2-6-14-36/h1-28H. The summed E-state index contributed by atoms with van der Waals surface area (Å²) < 4.78 is 2.24. The normalized spacial score (nSPS) is 11.4. The van der Waals surface area contributed by atoms with Crippen LogP contribution in [0.4, 0.5) is 0 Å². The Kier molecular flexibility index (Phi) is 6.43. The molecule has 220 valence electrons. The van der Waals surface area contributed by atoms with E-state index in [2.05, 4.69) is 120 Å². The molecule has 7 aromatic carbocycles. The summed E-state index contributed by atoms with van der Waals surface area (Å²) in [5, 5.41) is 2.34. The van der Waals surface area contributed by atoms with Gasteiger partial charge in [0.05, 0.1) is 33.5 Å². The van der Waals surface area contributed by atoms with Crippen molar-refractivity contribution in [3.63, 3.8) is 0 Å². The van der Waals surface area contributed by atoms with Gasteiger partial charge >= 0.3 is 0 Å². The van der Waals surface area contributed by atoms with Crippen molar-refractivity contribution >= 4 is 32.8 Å². The highest BCUT2D eigenvalue weighted by Gasteiger charge is 2.16. The molecule has 0 saturated carbocycles. The van der Waals surface area contributed by atoms with Crippen molar-refractivity contribution in [2.75, 3.05) is 0 Å². The molecule has 0 saturated heterocycles. The van der Waals surface area contributed by atoms with Gasteiger partial charge in [-0.3, -0.25) is 4.57 Å². The van der Waals surface area contributed by atoms with E-state index in [-0.39, 0.29) is 0 Å². The maximum atomic E-state index is 5.10. The molecule has 2 heterocycles. The first-order valence-electron chi connectivity index (χ1n) is 15.8. The van der Waals surface area contributed by atoms with E-state index in [1.807, 2.05) is 54.6 Å². The van der Waals surface area contributed by atoms with Crippen LogP contribution in [0.15, 0.2) is 170 Å². The molecule has 0 aliphatic carbocycles. The van der Waals surface area contributed by atoms with Gasteiger partial charge in [-0.15, -0.1) is 0 Å². The molecular weight excluding hydrogens is 573 g/mol. The molecule has 2 aromatic heterocycles. The van der Waals surface area contributed by atoms with E-state index >= 15 is 0 Å². The van der Waals surface area contributed by atoms with Gasteiger partial charge in [0.25, 0.3) is 0 Å². The molecular formula is C43H28N4. The zero-order valence-corrected chi connectivity index (χ0v) is 25.5. The maximum Gasteiger partial charge on any atom is 0.145 e. The van der Waals surface area contributed by atoms with Crippen LogP contribution < -0.4 is 0 Å². The molecule has 0 N–H and O–H groups in total. The quantitative estimate of drug-likeness (QED) is 0.197. The van der Waals surface area contributed by atoms with Gasteiger partial charge in [0.15, 0.2) is 0 Å². The highest BCUT2D eigenvalue weighted by Crippen LogP contribution is 2.35. The minimum atomic E-state index is 0.887. The maximum absolute atomic E-state index is 5.10. The fourth-order valence-electron chi connectivity index (χ4n) is 6.44. The van der Waals surface area contributed by atoms with Gasteiger partial charge in [0.2, 0.25) is 0 Å². The van der Waals surface area contributed by atoms with Crippen LogP contribution in [0.1, 0.15) is 0 Å². The van der Waals surface area contributed by atoms with Crippen molar-refractivity contribution in [3.8, 4) is 50.7 Å². The van der Waals surface area contributed by atoms with Crippen molar-refractivity contribution in [3.05, 3.63) is 170 Å². The first-order chi connectivity index (χ1) is 23.3. The monoisotopic (exact) mass is 600 g/mol. The number of rotatable bonds is 5. The topological polar surface area (TPSA) is 43.6 Å². The van der Waals surface area contributed by atoms with Crippen molar-refractivity contribution < 1.29 is 0 Å². The van der Waals surface area contributed by atoms with E-state index < -0.39 is 0 Å². The van der Waals surface area contributed by atoms with Gasteiger partial charge in [0.1, 0.15) is 5.82 Å². The number of hydrogen-bond donors (Lipinski definition) is 0. The SMILES string of the molecule is c1ccc(-c2nc3ccccc3nc2-c2ccc3cc(-c4ccc(-c5nc6ccccc6n5-c5ccccc5)cc4)ccc3c2)cc1. The smallest absolute Gasteiger partial charge is 0.145 e. The van der Waals surface area contributed by atoms with Crippen molar-refractivity contribution in [2.45, 2.75) is 0 Å². The van der Waals surface area contributed by atoms with Crippen LogP contribution in [0.25, 0.3) is 83.6 Å². The van der Waals surface area contributed by atoms with Crippen molar-refractivity contribution in [1.82, 2.24) is 19.5 Å². The average molecular weight is 601 g/mol. The van der Waals surface area contributed by atoms with Crippen LogP contribution in [0.3, 0.4) is 0 Å². The third-order valence-corrected chi connectivity index (χ3v) is 8.78. The Morgan fingerprint density at radius 3 is 1.55 bits per heavy atom. The number of hydrogen-bond acceptors (Lipinski definition) is 3. The van der Waals surface area contributed by atoms with Crippen molar-refractivity contribution in [2.24, 2.45) is 0 Å². The van der Waals surface area contributed by atoms with Gasteiger partial charge < -0.3 is 0 Å². The summed E-state index contributed by atoms with van der Waals surface area (Å²) in [6.07, 6.45) is 0. The first kappa shape index (κ1) is 27.0. The lowest BCUT2D eigenvalue weighted by Gasteiger charge is -2.12. The minimum absolute atomic E-state index is 0.887. The molecule has 0 fully saturated rings. The molecule has 0 atom stereocenters. The van der Waals surface area contributed by atoms with Crippen LogP contribution in [0.2, 0.25) is 0 Å². The second-order valence-electron chi connectivity index (χ2n) is 11.7. The summed E-state index contributed by atoms with van der Waals surface area (Å²) >= 11 is 0. The number of benzene rings is 7. The highest BCUT2D eigenvalue weighted by molar-refractivity contribution is 5.94. The summed E-state index contributed by atoms with van der Waals surface area (Å²) in [7, 11) is 0. The second-order valence-corrected chi connectivity index (χ2v) is 11.7. The summed E-state index contributed by atoms with van der Waals surface area (Å²) in [4.78, 5) is 15.2. The number of nitrogens with zero attached hydrogens (tertiary/aromatic N) is 4. The van der Waals surface area contributed by atoms with Crippen LogP contribution >= 0.6 is 0 Å². The van der Waals surface area contributed by atoms with E-state index in [0.717, 1.165) is 72.6 Å². The summed E-state index contributed by atoms with van der Waals surface area (Å²) in [5.74, 6) is 0.932. The Morgan fingerprint density at radius 2 is 0.851 bits per heavy atom. The molecule has 0 radical (unpaired) electrons. The van der Waals surface area contributed by atoms with Gasteiger partial charge in [0, 0.05) is 22.4 Å². The van der Waals surface area contributed by atoms with Crippen LogP contribution in [0.5, 0.6) is 0 Å². The van der Waals surface area contributed by atoms with Crippen LogP contribution in [-0.4, -0.2) is 19.5 Å². The largest absolute Gasteiger partial charge is 0.292 e. The van der Waals surface area contributed by atoms with Gasteiger partial charge in [-0.2, -0.15) is 0 Å². The van der Waals surface area contributed by atoms with E-state index in [9.17, 15) is 0 Å². The predicted molar refractivity (Wildman–Crippen MR) is 193 cm³/mol. The van der Waals surface area contributed by atoms with Crippen molar-refractivity contribution in [1.29, 1.82) is 0 Å². The van der Waals surface area contributed by atoms with Crippen LogP contribution in [0, 0.1) is 0 Å². The lowest BCUT2D eigenvalue weighted by atomic mass is 9.97. The Hall–Kier alpha value is -6.39. The van der Waals surface area contributed by atoms with Gasteiger partial charge in [-0.05, 0) is 70.4 Å². The molecule has 0 amide bonds. The summed E-state index contributed by atoms with van der Waals surface area (Å²) in [6, 6.07) is 59.1. The number of aromatic nitrogens is 4. The molecule has 0 bridgehead atoms. The molecule has 9 rings (SSSR count). The van der Waals surface area contributed by atoms with Gasteiger partial charge in [-0.1, -0.05) is 121 Å². The Balaban J connectivity index is 1.08. The molecule has 0 aliphatic heterocycles. The molecule has 0 spiro atoms. The van der Waals surface area contributed by atoms with E-state index in [4.69, 9.17) is 15.0 Å². The fraction of sp³-hybridized carbons (Fsp3) is 0. The van der Waals surface area contributed by atoms with Gasteiger partial charge in [-0.25, -0.2) is 15.0 Å². The summed E-state index contributed by atoms with van der Waals surface area (Å²) in [5.41, 5.74) is 12.2. The van der Waals surface area contributed by atoms with E-state index in [1.54, 1.807) is 0 Å². The number of imidazole rings is 1.